The van der Waals surface area contributed by atoms with E-state index < -0.39 is 10.2 Å². The summed E-state index contributed by atoms with van der Waals surface area (Å²) >= 11 is 0. The van der Waals surface area contributed by atoms with Crippen LogP contribution in [0.2, 0.25) is 0 Å². The maximum atomic E-state index is 12.7. The number of nitrogens with zero attached hydrogens (tertiary/aromatic N) is 2. The standard InChI is InChI=1S/C12H25N3O3S/c1-10-8-14(9-11(2)18-10)19(16,17)15-6-4-3-5-12(15)7-13/h10-12H,3-9,13H2,1-2H3. The van der Waals surface area contributed by atoms with Gasteiger partial charge in [-0.15, -0.1) is 0 Å². The highest BCUT2D eigenvalue weighted by molar-refractivity contribution is 7.86. The van der Waals surface area contributed by atoms with Crippen LogP contribution in [0.15, 0.2) is 0 Å². The van der Waals surface area contributed by atoms with Gasteiger partial charge in [-0.2, -0.15) is 17.0 Å². The van der Waals surface area contributed by atoms with E-state index in [9.17, 15) is 8.42 Å². The fourth-order valence-electron chi connectivity index (χ4n) is 2.98. The van der Waals surface area contributed by atoms with Crippen molar-refractivity contribution in [1.29, 1.82) is 0 Å². The van der Waals surface area contributed by atoms with E-state index in [1.165, 1.54) is 0 Å². The molecule has 2 saturated heterocycles. The molecule has 19 heavy (non-hydrogen) atoms. The third-order valence-corrected chi connectivity index (χ3v) is 5.88. The van der Waals surface area contributed by atoms with Crippen LogP contribution < -0.4 is 5.73 Å². The predicted octanol–water partition coefficient (Wildman–Crippen LogP) is 0.154. The summed E-state index contributed by atoms with van der Waals surface area (Å²) in [5, 5.41) is 0. The molecule has 2 heterocycles. The Hall–Kier alpha value is -0.210. The SMILES string of the molecule is CC1CN(S(=O)(=O)N2CCCCC2CN)CC(C)O1. The van der Waals surface area contributed by atoms with Crippen LogP contribution in [0.25, 0.3) is 0 Å². The van der Waals surface area contributed by atoms with Gasteiger partial charge >= 0.3 is 0 Å². The van der Waals surface area contributed by atoms with Gasteiger partial charge in [-0.25, -0.2) is 0 Å². The van der Waals surface area contributed by atoms with E-state index in [-0.39, 0.29) is 18.2 Å². The van der Waals surface area contributed by atoms with Crippen molar-refractivity contribution in [1.82, 2.24) is 8.61 Å². The van der Waals surface area contributed by atoms with E-state index >= 15 is 0 Å². The number of morpholine rings is 1. The molecule has 3 unspecified atom stereocenters. The Bertz CT molecular complexity index is 391. The summed E-state index contributed by atoms with van der Waals surface area (Å²) in [6, 6.07) is -0.0489. The van der Waals surface area contributed by atoms with Crippen molar-refractivity contribution in [2.45, 2.75) is 51.4 Å². The van der Waals surface area contributed by atoms with E-state index in [2.05, 4.69) is 0 Å². The first kappa shape index (κ1) is 15.2. The molecular weight excluding hydrogens is 266 g/mol. The molecule has 0 aromatic rings. The first-order valence-electron chi connectivity index (χ1n) is 7.07. The first-order valence-corrected chi connectivity index (χ1v) is 8.47. The third-order valence-electron chi connectivity index (χ3n) is 3.85. The number of ether oxygens (including phenoxy) is 1. The molecule has 112 valence electrons. The van der Waals surface area contributed by atoms with E-state index in [4.69, 9.17) is 10.5 Å². The topological polar surface area (TPSA) is 75.9 Å². The van der Waals surface area contributed by atoms with Gasteiger partial charge in [-0.1, -0.05) is 6.42 Å². The van der Waals surface area contributed by atoms with Crippen LogP contribution in [0.5, 0.6) is 0 Å². The molecule has 2 N–H and O–H groups in total. The number of hydrogen-bond acceptors (Lipinski definition) is 4. The molecule has 0 aliphatic carbocycles. The Kier molecular flexibility index (Phi) is 4.84. The zero-order chi connectivity index (χ0) is 14.0. The normalized spacial score (nSPS) is 35.4. The monoisotopic (exact) mass is 291 g/mol. The van der Waals surface area contributed by atoms with Crippen LogP contribution in [-0.4, -0.2) is 61.5 Å². The number of piperidine rings is 1. The lowest BCUT2D eigenvalue weighted by molar-refractivity contribution is -0.0459. The molecule has 2 fully saturated rings. The van der Waals surface area contributed by atoms with Crippen LogP contribution >= 0.6 is 0 Å². The molecule has 0 bridgehead atoms. The van der Waals surface area contributed by atoms with Crippen molar-refractivity contribution in [3.05, 3.63) is 0 Å². The van der Waals surface area contributed by atoms with Gasteiger partial charge < -0.3 is 10.5 Å². The van der Waals surface area contributed by atoms with Gasteiger partial charge in [0.15, 0.2) is 0 Å². The average Bonchev–Trinajstić information content (AvgIpc) is 2.37. The summed E-state index contributed by atoms with van der Waals surface area (Å²) in [5.74, 6) is 0. The number of rotatable bonds is 3. The van der Waals surface area contributed by atoms with Crippen molar-refractivity contribution in [2.24, 2.45) is 5.73 Å². The molecule has 0 radical (unpaired) electrons. The Morgan fingerprint density at radius 1 is 1.21 bits per heavy atom. The van der Waals surface area contributed by atoms with Gasteiger partial charge in [-0.3, -0.25) is 0 Å². The van der Waals surface area contributed by atoms with Gasteiger partial charge in [0.2, 0.25) is 0 Å². The molecule has 0 aromatic heterocycles. The van der Waals surface area contributed by atoms with Gasteiger partial charge in [0.1, 0.15) is 0 Å². The molecule has 3 atom stereocenters. The van der Waals surface area contributed by atoms with Crippen LogP contribution in [0.1, 0.15) is 33.1 Å². The second-order valence-corrected chi connectivity index (χ2v) is 7.46. The van der Waals surface area contributed by atoms with Crippen molar-refractivity contribution in [2.75, 3.05) is 26.2 Å². The summed E-state index contributed by atoms with van der Waals surface area (Å²) in [6.45, 7) is 5.67. The third kappa shape index (κ3) is 3.28. The molecule has 0 spiro atoms. The molecule has 2 aliphatic rings. The van der Waals surface area contributed by atoms with Crippen molar-refractivity contribution < 1.29 is 13.2 Å². The average molecular weight is 291 g/mol. The number of nitrogens with two attached hydrogens (primary N) is 1. The summed E-state index contributed by atoms with van der Waals surface area (Å²) in [4.78, 5) is 0. The highest BCUT2D eigenvalue weighted by Crippen LogP contribution is 2.24. The summed E-state index contributed by atoms with van der Waals surface area (Å²) < 4.78 is 34.2. The molecular formula is C12H25N3O3S. The maximum Gasteiger partial charge on any atom is 0.282 e. The molecule has 7 heteroatoms. The predicted molar refractivity (Wildman–Crippen MR) is 73.9 cm³/mol. The summed E-state index contributed by atoms with van der Waals surface area (Å²) in [6.07, 6.45) is 2.74. The highest BCUT2D eigenvalue weighted by Gasteiger charge is 2.39. The van der Waals surface area contributed by atoms with Gasteiger partial charge in [0.25, 0.3) is 10.2 Å². The zero-order valence-electron chi connectivity index (χ0n) is 11.8. The van der Waals surface area contributed by atoms with E-state index in [0.29, 0.717) is 26.2 Å². The quantitative estimate of drug-likeness (QED) is 0.803. The Balaban J connectivity index is 2.16. The zero-order valence-corrected chi connectivity index (χ0v) is 12.6. The smallest absolute Gasteiger partial charge is 0.282 e. The Labute approximate surface area is 116 Å². The minimum Gasteiger partial charge on any atom is -0.373 e. The number of hydrogen-bond donors (Lipinski definition) is 1. The van der Waals surface area contributed by atoms with Crippen molar-refractivity contribution in [3.8, 4) is 0 Å². The van der Waals surface area contributed by atoms with Gasteiger partial charge in [-0.05, 0) is 26.7 Å². The molecule has 0 saturated carbocycles. The van der Waals surface area contributed by atoms with Crippen molar-refractivity contribution in [3.63, 3.8) is 0 Å². The lowest BCUT2D eigenvalue weighted by atomic mass is 10.1. The summed E-state index contributed by atoms with van der Waals surface area (Å²) in [7, 11) is -3.41. The minimum atomic E-state index is -3.41. The Morgan fingerprint density at radius 3 is 2.42 bits per heavy atom. The van der Waals surface area contributed by atoms with Gasteiger partial charge in [0.05, 0.1) is 12.2 Å². The van der Waals surface area contributed by atoms with Gasteiger partial charge in [0, 0.05) is 32.2 Å². The largest absolute Gasteiger partial charge is 0.373 e. The lowest BCUT2D eigenvalue weighted by Gasteiger charge is -2.41. The maximum absolute atomic E-state index is 12.7. The van der Waals surface area contributed by atoms with Crippen LogP contribution in [0, 0.1) is 0 Å². The molecule has 2 aliphatic heterocycles. The molecule has 6 nitrogen and oxygen atoms in total. The Morgan fingerprint density at radius 2 is 1.84 bits per heavy atom. The van der Waals surface area contributed by atoms with E-state index in [1.54, 1.807) is 8.61 Å². The fraction of sp³-hybridized carbons (Fsp3) is 1.00. The van der Waals surface area contributed by atoms with Crippen LogP contribution in [0.3, 0.4) is 0 Å². The molecule has 0 aromatic carbocycles. The van der Waals surface area contributed by atoms with Crippen LogP contribution in [-0.2, 0) is 14.9 Å². The summed E-state index contributed by atoms with van der Waals surface area (Å²) in [5.41, 5.74) is 5.73. The van der Waals surface area contributed by atoms with E-state index in [0.717, 1.165) is 19.3 Å². The fourth-order valence-corrected chi connectivity index (χ4v) is 5.00. The highest BCUT2D eigenvalue weighted by atomic mass is 32.2. The van der Waals surface area contributed by atoms with Crippen molar-refractivity contribution >= 4 is 10.2 Å². The minimum absolute atomic E-state index is 0.0489. The molecule has 0 amide bonds. The first-order chi connectivity index (χ1) is 8.95. The molecule has 2 rings (SSSR count). The second-order valence-electron chi connectivity index (χ2n) is 5.58. The van der Waals surface area contributed by atoms with E-state index in [1.807, 2.05) is 13.8 Å². The second kappa shape index (κ2) is 6.05. The van der Waals surface area contributed by atoms with Crippen LogP contribution in [0.4, 0.5) is 0 Å². The lowest BCUT2D eigenvalue weighted by Crippen LogP contribution is -2.57.